The minimum absolute atomic E-state index is 0.0536. The van der Waals surface area contributed by atoms with E-state index >= 15 is 0 Å². The third-order valence-corrected chi connectivity index (χ3v) is 6.04. The monoisotopic (exact) mass is 406 g/mol. The van der Waals surface area contributed by atoms with E-state index in [1.807, 2.05) is 37.3 Å². The Balaban J connectivity index is 1.63. The van der Waals surface area contributed by atoms with Gasteiger partial charge < -0.3 is 14.5 Å². The van der Waals surface area contributed by atoms with Gasteiger partial charge in [0.15, 0.2) is 11.5 Å². The fourth-order valence-electron chi connectivity index (χ4n) is 3.57. The molecule has 1 aliphatic carbocycles. The van der Waals surface area contributed by atoms with Crippen LogP contribution in [0.15, 0.2) is 23.0 Å². The number of rotatable bonds is 6. The van der Waals surface area contributed by atoms with E-state index in [-0.39, 0.29) is 12.2 Å². The highest BCUT2D eigenvalue weighted by molar-refractivity contribution is 7.18. The van der Waals surface area contributed by atoms with Crippen molar-refractivity contribution in [3.8, 4) is 23.8 Å². The average molecular weight is 407 g/mol. The fourth-order valence-corrected chi connectivity index (χ4v) is 4.84. The summed E-state index contributed by atoms with van der Waals surface area (Å²) in [5, 5.41) is 0.774. The number of hydrogen-bond acceptors (Lipinski definition) is 5. The number of nitrogens with one attached hydrogen (secondary N) is 1. The number of fused-ring (bicyclic) bond motifs is 3. The third-order valence-electron chi connectivity index (χ3n) is 4.86. The molecule has 0 fully saturated rings. The summed E-state index contributed by atoms with van der Waals surface area (Å²) in [4.78, 5) is 22.4. The highest BCUT2D eigenvalue weighted by Crippen LogP contribution is 2.33. The van der Waals surface area contributed by atoms with Crippen LogP contribution < -0.4 is 15.0 Å². The number of aryl methyl sites for hydroxylation is 2. The van der Waals surface area contributed by atoms with Gasteiger partial charge in [-0.2, -0.15) is 0 Å². The molecule has 0 saturated heterocycles. The SMILES string of the molecule is C#CCOc1ccc(/C=C/c2nc3sc4c(c3c(=O)[nH]2)CCCC4)cc1OCC. The molecule has 148 valence electrons. The van der Waals surface area contributed by atoms with Gasteiger partial charge >= 0.3 is 0 Å². The van der Waals surface area contributed by atoms with Gasteiger partial charge in [0.1, 0.15) is 17.3 Å². The molecule has 2 aromatic heterocycles. The molecule has 5 nitrogen and oxygen atoms in total. The van der Waals surface area contributed by atoms with Crippen LogP contribution >= 0.6 is 11.3 Å². The summed E-state index contributed by atoms with van der Waals surface area (Å²) in [6.45, 7) is 2.62. The van der Waals surface area contributed by atoms with Gasteiger partial charge in [0.05, 0.1) is 12.0 Å². The Labute approximate surface area is 173 Å². The number of thiophene rings is 1. The van der Waals surface area contributed by atoms with Gasteiger partial charge in [-0.3, -0.25) is 4.79 Å². The Morgan fingerprint density at radius 2 is 2.10 bits per heavy atom. The zero-order valence-corrected chi connectivity index (χ0v) is 17.1. The molecule has 0 bridgehead atoms. The van der Waals surface area contributed by atoms with E-state index in [1.165, 1.54) is 16.9 Å². The van der Waals surface area contributed by atoms with Crippen LogP contribution in [0, 0.1) is 12.3 Å². The second kappa shape index (κ2) is 8.54. The van der Waals surface area contributed by atoms with Crippen molar-refractivity contribution in [3.63, 3.8) is 0 Å². The number of aromatic amines is 1. The van der Waals surface area contributed by atoms with Crippen molar-refractivity contribution in [1.82, 2.24) is 9.97 Å². The molecule has 0 saturated carbocycles. The summed E-state index contributed by atoms with van der Waals surface area (Å²) in [5.41, 5.74) is 2.06. The lowest BCUT2D eigenvalue weighted by Gasteiger charge is -2.10. The Hall–Kier alpha value is -3.04. The van der Waals surface area contributed by atoms with Crippen molar-refractivity contribution in [1.29, 1.82) is 0 Å². The third kappa shape index (κ3) is 4.06. The van der Waals surface area contributed by atoms with Crippen LogP contribution in [-0.4, -0.2) is 23.2 Å². The molecule has 1 aromatic carbocycles. The van der Waals surface area contributed by atoms with Crippen LogP contribution in [-0.2, 0) is 12.8 Å². The van der Waals surface area contributed by atoms with Crippen LogP contribution in [0.4, 0.5) is 0 Å². The topological polar surface area (TPSA) is 64.2 Å². The highest BCUT2D eigenvalue weighted by atomic mass is 32.1. The molecule has 0 amide bonds. The summed E-state index contributed by atoms with van der Waals surface area (Å²) >= 11 is 1.65. The summed E-state index contributed by atoms with van der Waals surface area (Å²) in [6.07, 6.45) is 13.3. The molecule has 6 heteroatoms. The van der Waals surface area contributed by atoms with Crippen LogP contribution in [0.5, 0.6) is 11.5 Å². The van der Waals surface area contributed by atoms with Gasteiger partial charge in [0.2, 0.25) is 0 Å². The van der Waals surface area contributed by atoms with Gasteiger partial charge in [0.25, 0.3) is 5.56 Å². The van der Waals surface area contributed by atoms with E-state index in [2.05, 4.69) is 15.9 Å². The van der Waals surface area contributed by atoms with Crippen LogP contribution in [0.2, 0.25) is 0 Å². The molecule has 0 spiro atoms. The predicted octanol–water partition coefficient (Wildman–Crippen LogP) is 4.44. The number of aromatic nitrogens is 2. The van der Waals surface area contributed by atoms with Crippen LogP contribution in [0.3, 0.4) is 0 Å². The lowest BCUT2D eigenvalue weighted by atomic mass is 9.97. The Morgan fingerprint density at radius 1 is 1.24 bits per heavy atom. The van der Waals surface area contributed by atoms with Crippen molar-refractivity contribution in [2.45, 2.75) is 32.6 Å². The maximum atomic E-state index is 12.7. The van der Waals surface area contributed by atoms with Crippen molar-refractivity contribution in [2.75, 3.05) is 13.2 Å². The van der Waals surface area contributed by atoms with E-state index in [0.717, 1.165) is 35.0 Å². The number of nitrogens with zero attached hydrogens (tertiary/aromatic N) is 1. The Bertz CT molecular complexity index is 1170. The first-order valence-corrected chi connectivity index (χ1v) is 10.6. The largest absolute Gasteiger partial charge is 0.490 e. The molecule has 0 atom stereocenters. The normalized spacial score (nSPS) is 13.4. The van der Waals surface area contributed by atoms with Crippen molar-refractivity contribution >= 4 is 33.7 Å². The molecule has 1 aliphatic rings. The van der Waals surface area contributed by atoms with E-state index in [0.29, 0.717) is 23.9 Å². The molecular weight excluding hydrogens is 384 g/mol. The number of hydrogen-bond donors (Lipinski definition) is 1. The molecule has 3 aromatic rings. The first kappa shape index (κ1) is 19.3. The lowest BCUT2D eigenvalue weighted by Crippen LogP contribution is -2.11. The smallest absolute Gasteiger partial charge is 0.260 e. The molecule has 1 N–H and O–H groups in total. The predicted molar refractivity (Wildman–Crippen MR) is 118 cm³/mol. The number of H-pyrrole nitrogens is 1. The minimum atomic E-state index is -0.0536. The molecule has 2 heterocycles. The quantitative estimate of drug-likeness (QED) is 0.615. The summed E-state index contributed by atoms with van der Waals surface area (Å²) < 4.78 is 11.2. The molecule has 0 aliphatic heterocycles. The van der Waals surface area contributed by atoms with Crippen molar-refractivity contribution < 1.29 is 9.47 Å². The standard InChI is InChI=1S/C23H22N2O3S/c1-3-13-28-17-11-9-15(14-18(17)27-4-2)10-12-20-24-22(26)21-16-7-5-6-8-19(16)29-23(21)25-20/h1,9-12,14H,4-8,13H2,2H3,(H,24,25,26)/b12-10+. The first-order valence-electron chi connectivity index (χ1n) is 9.75. The van der Waals surface area contributed by atoms with Gasteiger partial charge in [-0.1, -0.05) is 18.1 Å². The van der Waals surface area contributed by atoms with E-state index in [9.17, 15) is 4.79 Å². The van der Waals surface area contributed by atoms with E-state index < -0.39 is 0 Å². The maximum Gasteiger partial charge on any atom is 0.260 e. The summed E-state index contributed by atoms with van der Waals surface area (Å²) in [5.74, 6) is 4.24. The summed E-state index contributed by atoms with van der Waals surface area (Å²) in [7, 11) is 0. The van der Waals surface area contributed by atoms with Gasteiger partial charge in [0, 0.05) is 4.88 Å². The lowest BCUT2D eigenvalue weighted by molar-refractivity contribution is 0.299. The van der Waals surface area contributed by atoms with Gasteiger partial charge in [-0.05, 0) is 61.9 Å². The number of benzene rings is 1. The fraction of sp³-hybridized carbons (Fsp3) is 0.304. The van der Waals surface area contributed by atoms with Gasteiger partial charge in [-0.25, -0.2) is 4.98 Å². The highest BCUT2D eigenvalue weighted by Gasteiger charge is 2.19. The Morgan fingerprint density at radius 3 is 2.93 bits per heavy atom. The average Bonchev–Trinajstić information content (AvgIpc) is 3.10. The zero-order valence-electron chi connectivity index (χ0n) is 16.3. The molecular formula is C23H22N2O3S. The van der Waals surface area contributed by atoms with Gasteiger partial charge in [-0.15, -0.1) is 17.8 Å². The molecule has 29 heavy (non-hydrogen) atoms. The second-order valence-corrected chi connectivity index (χ2v) is 7.89. The minimum Gasteiger partial charge on any atom is -0.490 e. The van der Waals surface area contributed by atoms with E-state index in [1.54, 1.807) is 11.3 Å². The summed E-state index contributed by atoms with van der Waals surface area (Å²) in [6, 6.07) is 5.62. The maximum absolute atomic E-state index is 12.7. The van der Waals surface area contributed by atoms with E-state index in [4.69, 9.17) is 15.9 Å². The van der Waals surface area contributed by atoms with Crippen molar-refractivity contribution in [3.05, 3.63) is 50.4 Å². The number of terminal acetylenes is 1. The zero-order chi connectivity index (χ0) is 20.2. The molecule has 4 rings (SSSR count). The first-order chi connectivity index (χ1) is 14.2. The Kier molecular flexibility index (Phi) is 5.68. The molecule has 0 unspecified atom stereocenters. The second-order valence-electron chi connectivity index (χ2n) is 6.81. The van der Waals surface area contributed by atoms with Crippen molar-refractivity contribution in [2.24, 2.45) is 0 Å². The van der Waals surface area contributed by atoms with Crippen LogP contribution in [0.25, 0.3) is 22.4 Å². The number of ether oxygens (including phenoxy) is 2. The van der Waals surface area contributed by atoms with Crippen LogP contribution in [0.1, 0.15) is 41.6 Å². The molecule has 0 radical (unpaired) electrons.